The Balaban J connectivity index is 2.67. The van der Waals surface area contributed by atoms with Gasteiger partial charge in [-0.15, -0.1) is 0 Å². The van der Waals surface area contributed by atoms with Gasteiger partial charge in [-0.3, -0.25) is 9.59 Å². The van der Waals surface area contributed by atoms with Gasteiger partial charge in [0, 0.05) is 5.69 Å². The van der Waals surface area contributed by atoms with Crippen molar-refractivity contribution in [3.8, 4) is 0 Å². The third kappa shape index (κ3) is 4.55. The van der Waals surface area contributed by atoms with Crippen LogP contribution < -0.4 is 11.1 Å². The first kappa shape index (κ1) is 14.2. The molecule has 0 unspecified atom stereocenters. The largest absolute Gasteiger partial charge is 0.481 e. The normalized spacial score (nSPS) is 11.9. The van der Waals surface area contributed by atoms with E-state index in [9.17, 15) is 9.59 Å². The maximum atomic E-state index is 11.7. The zero-order valence-corrected chi connectivity index (χ0v) is 10.3. The van der Waals surface area contributed by atoms with Gasteiger partial charge in [0.2, 0.25) is 5.91 Å². The van der Waals surface area contributed by atoms with Gasteiger partial charge in [0.05, 0.1) is 12.5 Å². The maximum Gasteiger partial charge on any atom is 0.307 e. The number of carboxylic acid groups (broad SMARTS) is 1. The molecule has 1 aromatic carbocycles. The van der Waals surface area contributed by atoms with E-state index in [1.54, 1.807) is 24.3 Å². The van der Waals surface area contributed by atoms with Crippen LogP contribution >= 0.6 is 0 Å². The van der Waals surface area contributed by atoms with Gasteiger partial charge < -0.3 is 16.2 Å². The Hall–Kier alpha value is -1.88. The molecule has 1 aromatic rings. The lowest BCUT2D eigenvalue weighted by atomic mass is 10.1. The molecule has 1 rings (SSSR count). The van der Waals surface area contributed by atoms with Crippen LogP contribution in [0.4, 0.5) is 5.69 Å². The van der Waals surface area contributed by atoms with Crippen molar-refractivity contribution in [3.05, 3.63) is 29.8 Å². The third-order valence-electron chi connectivity index (χ3n) is 2.49. The molecule has 0 aliphatic rings. The number of anilines is 1. The Morgan fingerprint density at radius 2 is 2.17 bits per heavy atom. The Kier molecular flexibility index (Phi) is 5.32. The number of rotatable bonds is 6. The molecule has 0 saturated carbocycles. The second kappa shape index (κ2) is 6.76. The lowest BCUT2D eigenvalue weighted by Crippen LogP contribution is -2.35. The number of nitrogens with one attached hydrogen (secondary N) is 1. The Labute approximate surface area is 106 Å². The summed E-state index contributed by atoms with van der Waals surface area (Å²) in [6.45, 7) is 1.96. The summed E-state index contributed by atoms with van der Waals surface area (Å²) in [6, 6.07) is 6.24. The smallest absolute Gasteiger partial charge is 0.307 e. The van der Waals surface area contributed by atoms with Crippen molar-refractivity contribution >= 4 is 17.6 Å². The van der Waals surface area contributed by atoms with Crippen molar-refractivity contribution in [1.82, 2.24) is 0 Å². The topological polar surface area (TPSA) is 92.4 Å². The Bertz CT molecular complexity index is 432. The lowest BCUT2D eigenvalue weighted by Gasteiger charge is -2.11. The molecular weight excluding hydrogens is 232 g/mol. The molecule has 5 nitrogen and oxygen atoms in total. The first-order valence-corrected chi connectivity index (χ1v) is 5.90. The summed E-state index contributed by atoms with van der Waals surface area (Å²) in [4.78, 5) is 22.3. The van der Waals surface area contributed by atoms with Crippen LogP contribution in [0.15, 0.2) is 24.3 Å². The summed E-state index contributed by atoms with van der Waals surface area (Å²) in [5.41, 5.74) is 6.91. The highest BCUT2D eigenvalue weighted by molar-refractivity contribution is 5.94. The Morgan fingerprint density at radius 1 is 1.44 bits per heavy atom. The van der Waals surface area contributed by atoms with E-state index in [2.05, 4.69) is 5.32 Å². The van der Waals surface area contributed by atoms with Crippen LogP contribution in [0.2, 0.25) is 0 Å². The van der Waals surface area contributed by atoms with E-state index in [-0.39, 0.29) is 12.3 Å². The number of hydrogen-bond donors (Lipinski definition) is 3. The first-order chi connectivity index (χ1) is 8.52. The minimum absolute atomic E-state index is 0.0648. The van der Waals surface area contributed by atoms with E-state index in [0.717, 1.165) is 6.42 Å². The summed E-state index contributed by atoms with van der Waals surface area (Å²) in [6.07, 6.45) is 1.40. The number of benzene rings is 1. The average molecular weight is 250 g/mol. The van der Waals surface area contributed by atoms with Crippen molar-refractivity contribution in [2.45, 2.75) is 32.2 Å². The van der Waals surface area contributed by atoms with Crippen LogP contribution in [-0.2, 0) is 16.0 Å². The maximum absolute atomic E-state index is 11.7. The lowest BCUT2D eigenvalue weighted by molar-refractivity contribution is -0.136. The number of carbonyl (C=O) groups is 2. The van der Waals surface area contributed by atoms with E-state index >= 15 is 0 Å². The molecule has 0 radical (unpaired) electrons. The molecule has 0 bridgehead atoms. The molecule has 0 aromatic heterocycles. The molecule has 98 valence electrons. The molecule has 0 spiro atoms. The number of carboxylic acids is 1. The molecule has 1 amide bonds. The summed E-state index contributed by atoms with van der Waals surface area (Å²) >= 11 is 0. The van der Waals surface area contributed by atoms with Gasteiger partial charge in [-0.05, 0) is 24.1 Å². The number of nitrogens with two attached hydrogens (primary N) is 1. The fourth-order valence-corrected chi connectivity index (χ4v) is 1.61. The highest BCUT2D eigenvalue weighted by atomic mass is 16.4. The molecule has 18 heavy (non-hydrogen) atoms. The summed E-state index contributed by atoms with van der Waals surface area (Å²) in [7, 11) is 0. The molecule has 1 atom stereocenters. The molecular formula is C13H18N2O3. The van der Waals surface area contributed by atoms with Crippen LogP contribution in [0.5, 0.6) is 0 Å². The summed E-state index contributed by atoms with van der Waals surface area (Å²) < 4.78 is 0. The number of carbonyl (C=O) groups excluding carboxylic acids is 1. The first-order valence-electron chi connectivity index (χ1n) is 5.90. The van der Waals surface area contributed by atoms with Gasteiger partial charge in [0.15, 0.2) is 0 Å². The minimum Gasteiger partial charge on any atom is -0.481 e. The number of amides is 1. The van der Waals surface area contributed by atoms with E-state index in [1.165, 1.54) is 0 Å². The highest BCUT2D eigenvalue weighted by Gasteiger charge is 2.12. The van der Waals surface area contributed by atoms with Crippen molar-refractivity contribution in [2.75, 3.05) is 5.32 Å². The SMILES string of the molecule is CCC[C@H](N)C(=O)Nc1cccc(CC(=O)O)c1. The van der Waals surface area contributed by atoms with Gasteiger partial charge in [-0.1, -0.05) is 25.5 Å². The fourth-order valence-electron chi connectivity index (χ4n) is 1.61. The third-order valence-corrected chi connectivity index (χ3v) is 2.49. The van der Waals surface area contributed by atoms with Gasteiger partial charge in [0.25, 0.3) is 0 Å². The van der Waals surface area contributed by atoms with Crippen LogP contribution in [0.25, 0.3) is 0 Å². The van der Waals surface area contributed by atoms with E-state index in [0.29, 0.717) is 17.7 Å². The predicted octanol–water partition coefficient (Wildman–Crippen LogP) is 1.38. The molecule has 4 N–H and O–H groups in total. The van der Waals surface area contributed by atoms with E-state index in [4.69, 9.17) is 10.8 Å². The van der Waals surface area contributed by atoms with Gasteiger partial charge >= 0.3 is 5.97 Å². The molecule has 0 saturated heterocycles. The highest BCUT2D eigenvalue weighted by Crippen LogP contribution is 2.12. The zero-order valence-electron chi connectivity index (χ0n) is 10.3. The minimum atomic E-state index is -0.902. The van der Waals surface area contributed by atoms with Crippen molar-refractivity contribution in [2.24, 2.45) is 5.73 Å². The van der Waals surface area contributed by atoms with Crippen LogP contribution in [0.3, 0.4) is 0 Å². The van der Waals surface area contributed by atoms with Gasteiger partial charge in [-0.25, -0.2) is 0 Å². The monoisotopic (exact) mass is 250 g/mol. The average Bonchev–Trinajstić information content (AvgIpc) is 2.28. The van der Waals surface area contributed by atoms with Crippen LogP contribution in [0, 0.1) is 0 Å². The second-order valence-electron chi connectivity index (χ2n) is 4.16. The van der Waals surface area contributed by atoms with Crippen LogP contribution in [-0.4, -0.2) is 23.0 Å². The quantitative estimate of drug-likeness (QED) is 0.711. The second-order valence-corrected chi connectivity index (χ2v) is 4.16. The van der Waals surface area contributed by atoms with E-state index in [1.807, 2.05) is 6.92 Å². The van der Waals surface area contributed by atoms with Crippen molar-refractivity contribution < 1.29 is 14.7 Å². The van der Waals surface area contributed by atoms with Crippen molar-refractivity contribution in [1.29, 1.82) is 0 Å². The van der Waals surface area contributed by atoms with Crippen molar-refractivity contribution in [3.63, 3.8) is 0 Å². The number of aliphatic carboxylic acids is 1. The standard InChI is InChI=1S/C13H18N2O3/c1-2-4-11(14)13(18)15-10-6-3-5-9(7-10)8-12(16)17/h3,5-7,11H,2,4,8,14H2,1H3,(H,15,18)(H,16,17)/t11-/m0/s1. The van der Waals surface area contributed by atoms with Crippen LogP contribution in [0.1, 0.15) is 25.3 Å². The van der Waals surface area contributed by atoms with E-state index < -0.39 is 12.0 Å². The zero-order chi connectivity index (χ0) is 13.5. The summed E-state index contributed by atoms with van der Waals surface area (Å²) in [5.74, 6) is -1.15. The molecule has 0 fully saturated rings. The summed E-state index contributed by atoms with van der Waals surface area (Å²) in [5, 5.41) is 11.4. The number of hydrogen-bond acceptors (Lipinski definition) is 3. The van der Waals surface area contributed by atoms with Gasteiger partial charge in [-0.2, -0.15) is 0 Å². The molecule has 5 heteroatoms. The predicted molar refractivity (Wildman–Crippen MR) is 69.3 cm³/mol. The molecule has 0 heterocycles. The Morgan fingerprint density at radius 3 is 2.78 bits per heavy atom. The molecule has 0 aliphatic carbocycles. The fraction of sp³-hybridized carbons (Fsp3) is 0.385. The van der Waals surface area contributed by atoms with Gasteiger partial charge in [0.1, 0.15) is 0 Å². The molecule has 0 aliphatic heterocycles.